The summed E-state index contributed by atoms with van der Waals surface area (Å²) in [5.74, 6) is 0.108. The first-order valence-corrected chi connectivity index (χ1v) is 9.25. The van der Waals surface area contributed by atoms with Crippen LogP contribution in [0.1, 0.15) is 31.9 Å². The number of pyridine rings is 1. The molecule has 0 bridgehead atoms. The van der Waals surface area contributed by atoms with Crippen molar-refractivity contribution in [1.29, 1.82) is 5.26 Å². The SMILES string of the molecule is CCCNC(=O)CN1CCC(Nc2cc(C#N)nc3ccccc23)CC1. The molecule has 0 saturated carbocycles. The van der Waals surface area contributed by atoms with Gasteiger partial charge >= 0.3 is 0 Å². The lowest BCUT2D eigenvalue weighted by molar-refractivity contribution is -0.122. The first-order valence-electron chi connectivity index (χ1n) is 9.25. The number of anilines is 1. The number of nitrogens with one attached hydrogen (secondary N) is 2. The molecule has 6 heteroatoms. The fraction of sp³-hybridized carbons (Fsp3) is 0.450. The highest BCUT2D eigenvalue weighted by atomic mass is 16.2. The van der Waals surface area contributed by atoms with E-state index in [1.165, 1.54) is 0 Å². The van der Waals surface area contributed by atoms with Gasteiger partial charge in [-0.3, -0.25) is 9.69 Å². The van der Waals surface area contributed by atoms with Crippen LogP contribution in [0.4, 0.5) is 5.69 Å². The third kappa shape index (κ3) is 4.50. The number of likely N-dealkylation sites (tertiary alicyclic amines) is 1. The van der Waals surface area contributed by atoms with E-state index in [0.717, 1.165) is 55.5 Å². The van der Waals surface area contributed by atoms with E-state index in [-0.39, 0.29) is 5.91 Å². The Kier molecular flexibility index (Phi) is 6.03. The van der Waals surface area contributed by atoms with Gasteiger partial charge in [-0.15, -0.1) is 0 Å². The molecule has 0 unspecified atom stereocenters. The zero-order chi connectivity index (χ0) is 18.4. The van der Waals surface area contributed by atoms with E-state index in [4.69, 9.17) is 0 Å². The van der Waals surface area contributed by atoms with Crippen LogP contribution in [-0.2, 0) is 4.79 Å². The van der Waals surface area contributed by atoms with Crippen molar-refractivity contribution in [3.05, 3.63) is 36.0 Å². The van der Waals surface area contributed by atoms with Crippen molar-refractivity contribution in [3.63, 3.8) is 0 Å². The molecule has 1 fully saturated rings. The zero-order valence-electron chi connectivity index (χ0n) is 15.2. The summed E-state index contributed by atoms with van der Waals surface area (Å²) in [4.78, 5) is 18.4. The summed E-state index contributed by atoms with van der Waals surface area (Å²) in [7, 11) is 0. The fourth-order valence-corrected chi connectivity index (χ4v) is 3.33. The predicted molar refractivity (Wildman–Crippen MR) is 103 cm³/mol. The molecule has 6 nitrogen and oxygen atoms in total. The second-order valence-corrected chi connectivity index (χ2v) is 6.73. The molecular formula is C20H25N5O. The number of nitriles is 1. The van der Waals surface area contributed by atoms with Crippen molar-refractivity contribution >= 4 is 22.5 Å². The van der Waals surface area contributed by atoms with Gasteiger partial charge in [0.2, 0.25) is 5.91 Å². The number of para-hydroxylation sites is 1. The van der Waals surface area contributed by atoms with E-state index in [1.807, 2.05) is 30.3 Å². The topological polar surface area (TPSA) is 81.0 Å². The molecule has 2 heterocycles. The van der Waals surface area contributed by atoms with Crippen LogP contribution in [0.3, 0.4) is 0 Å². The third-order valence-corrected chi connectivity index (χ3v) is 4.72. The Balaban J connectivity index is 1.61. The molecule has 0 radical (unpaired) electrons. The van der Waals surface area contributed by atoms with E-state index in [0.29, 0.717) is 18.3 Å². The van der Waals surface area contributed by atoms with Crippen molar-refractivity contribution in [1.82, 2.24) is 15.2 Å². The Morgan fingerprint density at radius 2 is 2.12 bits per heavy atom. The van der Waals surface area contributed by atoms with Gasteiger partial charge in [-0.1, -0.05) is 25.1 Å². The van der Waals surface area contributed by atoms with Gasteiger partial charge < -0.3 is 10.6 Å². The third-order valence-electron chi connectivity index (χ3n) is 4.72. The van der Waals surface area contributed by atoms with Crippen LogP contribution in [0.15, 0.2) is 30.3 Å². The minimum Gasteiger partial charge on any atom is -0.382 e. The van der Waals surface area contributed by atoms with E-state index in [2.05, 4.69) is 33.5 Å². The van der Waals surface area contributed by atoms with Gasteiger partial charge in [0.05, 0.1) is 12.1 Å². The zero-order valence-corrected chi connectivity index (χ0v) is 15.2. The molecule has 26 heavy (non-hydrogen) atoms. The molecule has 0 aliphatic carbocycles. The monoisotopic (exact) mass is 351 g/mol. The Morgan fingerprint density at radius 1 is 1.35 bits per heavy atom. The molecule has 1 aliphatic heterocycles. The number of carbonyl (C=O) groups excluding carboxylic acids is 1. The summed E-state index contributed by atoms with van der Waals surface area (Å²) in [6.07, 6.45) is 2.90. The average molecular weight is 351 g/mol. The molecular weight excluding hydrogens is 326 g/mol. The highest BCUT2D eigenvalue weighted by Gasteiger charge is 2.21. The molecule has 2 N–H and O–H groups in total. The molecule has 3 rings (SSSR count). The van der Waals surface area contributed by atoms with Crippen LogP contribution < -0.4 is 10.6 Å². The Labute approximate surface area is 154 Å². The summed E-state index contributed by atoms with van der Waals surface area (Å²) < 4.78 is 0. The number of hydrogen-bond donors (Lipinski definition) is 2. The second-order valence-electron chi connectivity index (χ2n) is 6.73. The second kappa shape index (κ2) is 8.63. The van der Waals surface area contributed by atoms with E-state index >= 15 is 0 Å². The minimum absolute atomic E-state index is 0.108. The molecule has 2 aromatic rings. The highest BCUT2D eigenvalue weighted by molar-refractivity contribution is 5.91. The van der Waals surface area contributed by atoms with Crippen LogP contribution in [-0.4, -0.2) is 48.0 Å². The quantitative estimate of drug-likeness (QED) is 0.836. The maximum absolute atomic E-state index is 11.9. The minimum atomic E-state index is 0.108. The maximum atomic E-state index is 11.9. The van der Waals surface area contributed by atoms with Crippen LogP contribution in [0.25, 0.3) is 10.9 Å². The number of rotatable bonds is 6. The van der Waals surface area contributed by atoms with Gasteiger partial charge in [-0.25, -0.2) is 4.98 Å². The number of benzene rings is 1. The summed E-state index contributed by atoms with van der Waals surface area (Å²) in [6, 6.07) is 12.2. The average Bonchev–Trinajstić information content (AvgIpc) is 2.67. The molecule has 1 aliphatic rings. The standard InChI is InChI=1S/C20H25N5O/c1-2-9-22-20(26)14-25-10-7-15(8-11-25)23-19-12-16(13-21)24-18-6-4-3-5-17(18)19/h3-6,12,15H,2,7-11,14H2,1H3,(H,22,26)(H,23,24). The number of nitrogens with zero attached hydrogens (tertiary/aromatic N) is 3. The van der Waals surface area contributed by atoms with Crippen molar-refractivity contribution < 1.29 is 4.79 Å². The van der Waals surface area contributed by atoms with Crippen molar-refractivity contribution in [2.24, 2.45) is 0 Å². The first-order chi connectivity index (χ1) is 12.7. The molecule has 0 spiro atoms. The first kappa shape index (κ1) is 18.2. The lowest BCUT2D eigenvalue weighted by atomic mass is 10.0. The number of carbonyl (C=O) groups is 1. The van der Waals surface area contributed by atoms with Gasteiger partial charge in [0, 0.05) is 36.7 Å². The van der Waals surface area contributed by atoms with Crippen LogP contribution in [0.5, 0.6) is 0 Å². The van der Waals surface area contributed by atoms with Crippen LogP contribution >= 0.6 is 0 Å². The van der Waals surface area contributed by atoms with Crippen molar-refractivity contribution in [3.8, 4) is 6.07 Å². The van der Waals surface area contributed by atoms with Gasteiger partial charge in [-0.2, -0.15) is 5.26 Å². The molecule has 1 aromatic heterocycles. The van der Waals surface area contributed by atoms with Crippen LogP contribution in [0, 0.1) is 11.3 Å². The fourth-order valence-electron chi connectivity index (χ4n) is 3.33. The smallest absolute Gasteiger partial charge is 0.234 e. The predicted octanol–water partition coefficient (Wildman–Crippen LogP) is 2.51. The highest BCUT2D eigenvalue weighted by Crippen LogP contribution is 2.25. The lowest BCUT2D eigenvalue weighted by Crippen LogP contribution is -2.44. The van der Waals surface area contributed by atoms with E-state index in [1.54, 1.807) is 0 Å². The number of hydrogen-bond acceptors (Lipinski definition) is 5. The normalized spacial score (nSPS) is 15.5. The van der Waals surface area contributed by atoms with Gasteiger partial charge in [-0.05, 0) is 31.4 Å². The van der Waals surface area contributed by atoms with Crippen molar-refractivity contribution in [2.75, 3.05) is 31.5 Å². The Bertz CT molecular complexity index is 805. The van der Waals surface area contributed by atoms with Gasteiger partial charge in [0.15, 0.2) is 0 Å². The number of piperidine rings is 1. The molecule has 136 valence electrons. The largest absolute Gasteiger partial charge is 0.382 e. The molecule has 0 atom stereocenters. The van der Waals surface area contributed by atoms with Gasteiger partial charge in [0.1, 0.15) is 11.8 Å². The van der Waals surface area contributed by atoms with Crippen molar-refractivity contribution in [2.45, 2.75) is 32.2 Å². The Hall–Kier alpha value is -2.65. The van der Waals surface area contributed by atoms with Crippen LogP contribution in [0.2, 0.25) is 0 Å². The summed E-state index contributed by atoms with van der Waals surface area (Å²) in [5, 5.41) is 16.8. The lowest BCUT2D eigenvalue weighted by Gasteiger charge is -2.32. The summed E-state index contributed by atoms with van der Waals surface area (Å²) >= 11 is 0. The maximum Gasteiger partial charge on any atom is 0.234 e. The number of fused-ring (bicyclic) bond motifs is 1. The van der Waals surface area contributed by atoms with Gasteiger partial charge in [0.25, 0.3) is 0 Å². The van der Waals surface area contributed by atoms with E-state index < -0.39 is 0 Å². The number of amides is 1. The summed E-state index contributed by atoms with van der Waals surface area (Å²) in [6.45, 7) is 5.06. The molecule has 1 saturated heterocycles. The number of aromatic nitrogens is 1. The Morgan fingerprint density at radius 3 is 2.85 bits per heavy atom. The summed E-state index contributed by atoms with van der Waals surface area (Å²) in [5.41, 5.74) is 2.22. The molecule has 1 amide bonds. The van der Waals surface area contributed by atoms with E-state index in [9.17, 15) is 10.1 Å². The molecule has 1 aromatic carbocycles.